The number of rotatable bonds is 3. The zero-order valence-corrected chi connectivity index (χ0v) is 15.8. The van der Waals surface area contributed by atoms with Crippen molar-refractivity contribution in [2.24, 2.45) is 0 Å². The Hall–Kier alpha value is -2.27. The second-order valence-electron chi connectivity index (χ2n) is 6.57. The highest BCUT2D eigenvalue weighted by molar-refractivity contribution is 7.22. The van der Waals surface area contributed by atoms with E-state index in [0.29, 0.717) is 0 Å². The normalized spacial score (nSPS) is 15.0. The van der Waals surface area contributed by atoms with Crippen molar-refractivity contribution in [3.63, 3.8) is 0 Å². The summed E-state index contributed by atoms with van der Waals surface area (Å²) in [7, 11) is 1.71. The van der Waals surface area contributed by atoms with Crippen molar-refractivity contribution in [1.82, 2.24) is 4.98 Å². The predicted octanol–water partition coefficient (Wildman–Crippen LogP) is 4.25. The zero-order chi connectivity index (χ0) is 17.4. The molecule has 1 fully saturated rings. The van der Waals surface area contributed by atoms with Gasteiger partial charge in [0.05, 0.1) is 11.8 Å². The zero-order valence-electron chi connectivity index (χ0n) is 15.0. The van der Waals surface area contributed by atoms with Gasteiger partial charge in [0, 0.05) is 31.9 Å². The number of fused-ring (bicyclic) bond motifs is 1. The van der Waals surface area contributed by atoms with E-state index < -0.39 is 0 Å². The topological polar surface area (TPSA) is 28.6 Å². The van der Waals surface area contributed by atoms with Crippen molar-refractivity contribution in [2.75, 3.05) is 43.1 Å². The molecule has 0 N–H and O–H groups in total. The number of anilines is 2. The molecule has 4 rings (SSSR count). The van der Waals surface area contributed by atoms with Gasteiger partial charge < -0.3 is 14.5 Å². The van der Waals surface area contributed by atoms with Gasteiger partial charge >= 0.3 is 0 Å². The molecule has 0 radical (unpaired) electrons. The lowest BCUT2D eigenvalue weighted by Crippen LogP contribution is -2.46. The van der Waals surface area contributed by atoms with Crippen LogP contribution in [0.1, 0.15) is 11.1 Å². The van der Waals surface area contributed by atoms with Gasteiger partial charge in [-0.25, -0.2) is 4.98 Å². The number of ether oxygens (including phenoxy) is 1. The summed E-state index contributed by atoms with van der Waals surface area (Å²) < 4.78 is 6.63. The molecule has 0 unspecified atom stereocenters. The Morgan fingerprint density at radius 3 is 2.52 bits per heavy atom. The van der Waals surface area contributed by atoms with Gasteiger partial charge in [-0.3, -0.25) is 0 Å². The van der Waals surface area contributed by atoms with E-state index in [1.807, 2.05) is 12.1 Å². The predicted molar refractivity (Wildman–Crippen MR) is 107 cm³/mol. The molecular formula is C20H23N3OS. The lowest BCUT2D eigenvalue weighted by Gasteiger charge is -2.36. The fraction of sp³-hybridized carbons (Fsp3) is 0.350. The molecule has 25 heavy (non-hydrogen) atoms. The molecule has 0 aliphatic carbocycles. The molecule has 1 aliphatic heterocycles. The van der Waals surface area contributed by atoms with Crippen LogP contribution in [0.15, 0.2) is 36.4 Å². The minimum atomic E-state index is 0.856. The highest BCUT2D eigenvalue weighted by atomic mass is 32.1. The fourth-order valence-corrected chi connectivity index (χ4v) is 4.45. The summed E-state index contributed by atoms with van der Waals surface area (Å²) >= 11 is 1.75. The third-order valence-electron chi connectivity index (χ3n) is 4.85. The SMILES string of the molecule is COc1cccc2sc(N3CCN(c4cc(C)ccc4C)CC3)nc12. The number of benzene rings is 2. The van der Waals surface area contributed by atoms with Gasteiger partial charge in [0.2, 0.25) is 0 Å². The van der Waals surface area contributed by atoms with Gasteiger partial charge in [-0.2, -0.15) is 0 Å². The summed E-state index contributed by atoms with van der Waals surface area (Å²) in [5, 5.41) is 1.10. The van der Waals surface area contributed by atoms with Crippen molar-refractivity contribution < 1.29 is 4.74 Å². The number of hydrogen-bond acceptors (Lipinski definition) is 5. The summed E-state index contributed by atoms with van der Waals surface area (Å²) in [5.41, 5.74) is 5.01. The summed E-state index contributed by atoms with van der Waals surface area (Å²) in [6.45, 7) is 8.40. The number of nitrogens with zero attached hydrogens (tertiary/aromatic N) is 3. The quantitative estimate of drug-likeness (QED) is 0.704. The highest BCUT2D eigenvalue weighted by Gasteiger charge is 2.21. The average molecular weight is 353 g/mol. The molecule has 1 aliphatic rings. The molecule has 1 aromatic heterocycles. The molecule has 5 heteroatoms. The van der Waals surface area contributed by atoms with E-state index in [4.69, 9.17) is 9.72 Å². The first-order valence-electron chi connectivity index (χ1n) is 8.66. The Morgan fingerprint density at radius 2 is 1.76 bits per heavy atom. The number of para-hydroxylation sites is 1. The average Bonchev–Trinajstić information content (AvgIpc) is 3.08. The molecule has 4 nitrogen and oxygen atoms in total. The van der Waals surface area contributed by atoms with Crippen molar-refractivity contribution >= 4 is 32.4 Å². The van der Waals surface area contributed by atoms with Gasteiger partial charge in [0.25, 0.3) is 0 Å². The van der Waals surface area contributed by atoms with Crippen molar-refractivity contribution in [2.45, 2.75) is 13.8 Å². The van der Waals surface area contributed by atoms with Crippen molar-refractivity contribution in [1.29, 1.82) is 0 Å². The third-order valence-corrected chi connectivity index (χ3v) is 5.93. The molecule has 130 valence electrons. The van der Waals surface area contributed by atoms with E-state index in [9.17, 15) is 0 Å². The summed E-state index contributed by atoms with van der Waals surface area (Å²) in [6.07, 6.45) is 0. The van der Waals surface area contributed by atoms with Gasteiger partial charge in [-0.15, -0.1) is 0 Å². The molecule has 2 aromatic carbocycles. The second kappa shape index (κ2) is 6.56. The van der Waals surface area contributed by atoms with E-state index in [1.54, 1.807) is 18.4 Å². The molecule has 0 amide bonds. The standard InChI is InChI=1S/C20H23N3OS/c1-14-7-8-15(2)16(13-14)22-9-11-23(12-10-22)20-21-19-17(24-3)5-4-6-18(19)25-20/h4-8,13H,9-12H2,1-3H3. The van der Waals surface area contributed by atoms with Crippen LogP contribution in [0.25, 0.3) is 10.2 Å². The fourth-order valence-electron chi connectivity index (χ4n) is 3.41. The van der Waals surface area contributed by atoms with Crippen molar-refractivity contribution in [3.8, 4) is 5.75 Å². The lowest BCUT2D eigenvalue weighted by molar-refractivity contribution is 0.419. The number of piperazine rings is 1. The molecule has 0 saturated carbocycles. The second-order valence-corrected chi connectivity index (χ2v) is 7.58. The Kier molecular flexibility index (Phi) is 4.25. The van der Waals surface area contributed by atoms with E-state index in [-0.39, 0.29) is 0 Å². The number of aromatic nitrogens is 1. The maximum Gasteiger partial charge on any atom is 0.186 e. The molecule has 2 heterocycles. The van der Waals surface area contributed by atoms with E-state index in [1.165, 1.54) is 21.5 Å². The Morgan fingerprint density at radius 1 is 1.00 bits per heavy atom. The first-order valence-corrected chi connectivity index (χ1v) is 9.48. The van der Waals surface area contributed by atoms with Crippen LogP contribution in [0, 0.1) is 13.8 Å². The first-order chi connectivity index (χ1) is 12.2. The smallest absolute Gasteiger partial charge is 0.186 e. The van der Waals surface area contributed by atoms with Crippen LogP contribution in [0.3, 0.4) is 0 Å². The van der Waals surface area contributed by atoms with Crippen LogP contribution >= 0.6 is 11.3 Å². The van der Waals surface area contributed by atoms with Crippen LogP contribution < -0.4 is 14.5 Å². The maximum absolute atomic E-state index is 5.44. The lowest BCUT2D eigenvalue weighted by atomic mass is 10.1. The van der Waals surface area contributed by atoms with E-state index >= 15 is 0 Å². The number of hydrogen-bond donors (Lipinski definition) is 0. The van der Waals surface area contributed by atoms with Gasteiger partial charge in [0.15, 0.2) is 5.13 Å². The van der Waals surface area contributed by atoms with Crippen LogP contribution in [0.5, 0.6) is 5.75 Å². The molecule has 3 aromatic rings. The van der Waals surface area contributed by atoms with Crippen LogP contribution in [0.2, 0.25) is 0 Å². The third kappa shape index (κ3) is 3.04. The minimum Gasteiger partial charge on any atom is -0.494 e. The molecule has 1 saturated heterocycles. The van der Waals surface area contributed by atoms with Gasteiger partial charge in [0.1, 0.15) is 11.3 Å². The summed E-state index contributed by atoms with van der Waals surface area (Å²) in [5.74, 6) is 0.856. The molecule has 0 spiro atoms. The molecule has 0 bridgehead atoms. The Balaban J connectivity index is 1.53. The number of aryl methyl sites for hydroxylation is 2. The van der Waals surface area contributed by atoms with Crippen LogP contribution in [-0.4, -0.2) is 38.3 Å². The highest BCUT2D eigenvalue weighted by Crippen LogP contribution is 2.34. The van der Waals surface area contributed by atoms with Crippen molar-refractivity contribution in [3.05, 3.63) is 47.5 Å². The Bertz CT molecular complexity index is 897. The first kappa shape index (κ1) is 16.2. The monoisotopic (exact) mass is 353 g/mol. The van der Waals surface area contributed by atoms with Crippen LogP contribution in [0.4, 0.5) is 10.8 Å². The maximum atomic E-state index is 5.44. The van der Waals surface area contributed by atoms with E-state index in [2.05, 4.69) is 47.9 Å². The number of thiazole rings is 1. The van der Waals surface area contributed by atoms with Crippen LogP contribution in [-0.2, 0) is 0 Å². The van der Waals surface area contributed by atoms with Gasteiger partial charge in [-0.1, -0.05) is 29.5 Å². The summed E-state index contributed by atoms with van der Waals surface area (Å²) in [4.78, 5) is 9.72. The summed E-state index contributed by atoms with van der Waals surface area (Å²) in [6, 6.07) is 12.8. The number of methoxy groups -OCH3 is 1. The van der Waals surface area contributed by atoms with E-state index in [0.717, 1.165) is 42.6 Å². The molecular weight excluding hydrogens is 330 g/mol. The molecule has 0 atom stereocenters. The van der Waals surface area contributed by atoms with Gasteiger partial charge in [-0.05, 0) is 43.2 Å². The minimum absolute atomic E-state index is 0.856. The largest absolute Gasteiger partial charge is 0.494 e. The Labute approximate surface area is 152 Å².